The molecule has 1 fully saturated rings. The summed E-state index contributed by atoms with van der Waals surface area (Å²) in [6.45, 7) is 2.98. The molecule has 1 heterocycles. The summed E-state index contributed by atoms with van der Waals surface area (Å²) >= 11 is 7.81. The Morgan fingerprint density at radius 3 is 2.65 bits per heavy atom. The molecule has 0 aromatic heterocycles. The number of ketones is 1. The Bertz CT molecular complexity index is 696. The number of rotatable bonds is 4. The standard InChI is InChI=1S/C18H17ClFNOS/c19-16-9-15(10-17(20)11-16)18(22)14-3-1-2-13(8-14)12-21-4-6-23-7-5-21/h1-3,8-11H,4-7,12H2. The Morgan fingerprint density at radius 2 is 1.91 bits per heavy atom. The minimum atomic E-state index is -0.497. The SMILES string of the molecule is O=C(c1cc(F)cc(Cl)c1)c1cccc(CN2CCSCC2)c1. The summed E-state index contributed by atoms with van der Waals surface area (Å²) < 4.78 is 13.4. The van der Waals surface area contributed by atoms with Crippen LogP contribution in [-0.2, 0) is 6.54 Å². The molecule has 1 aliphatic heterocycles. The maximum Gasteiger partial charge on any atom is 0.193 e. The van der Waals surface area contributed by atoms with E-state index in [1.54, 1.807) is 6.07 Å². The van der Waals surface area contributed by atoms with Gasteiger partial charge in [0.05, 0.1) is 0 Å². The second kappa shape index (κ2) is 7.47. The molecule has 0 saturated carbocycles. The smallest absolute Gasteiger partial charge is 0.193 e. The second-order valence-corrected chi connectivity index (χ2v) is 7.24. The van der Waals surface area contributed by atoms with Gasteiger partial charge in [0.1, 0.15) is 5.82 Å². The molecule has 0 N–H and O–H groups in total. The van der Waals surface area contributed by atoms with E-state index in [9.17, 15) is 9.18 Å². The van der Waals surface area contributed by atoms with Crippen molar-refractivity contribution in [1.82, 2.24) is 4.90 Å². The van der Waals surface area contributed by atoms with Gasteiger partial charge in [0.2, 0.25) is 0 Å². The zero-order chi connectivity index (χ0) is 16.2. The van der Waals surface area contributed by atoms with Crippen LogP contribution in [0, 0.1) is 5.82 Å². The van der Waals surface area contributed by atoms with E-state index < -0.39 is 5.82 Å². The molecule has 0 aliphatic carbocycles. The first-order valence-corrected chi connectivity index (χ1v) is 9.05. The fourth-order valence-electron chi connectivity index (χ4n) is 2.68. The first kappa shape index (κ1) is 16.5. The third-order valence-corrected chi connectivity index (χ3v) is 4.98. The largest absolute Gasteiger partial charge is 0.297 e. The number of hydrogen-bond donors (Lipinski definition) is 0. The van der Waals surface area contributed by atoms with Gasteiger partial charge in [0.15, 0.2) is 5.78 Å². The molecule has 3 rings (SSSR count). The van der Waals surface area contributed by atoms with Gasteiger partial charge in [-0.05, 0) is 29.8 Å². The molecule has 0 amide bonds. The summed E-state index contributed by atoms with van der Waals surface area (Å²) in [5, 5.41) is 0.232. The van der Waals surface area contributed by atoms with Crippen molar-refractivity contribution in [2.45, 2.75) is 6.54 Å². The van der Waals surface area contributed by atoms with E-state index in [2.05, 4.69) is 4.90 Å². The second-order valence-electron chi connectivity index (χ2n) is 5.58. The molecule has 5 heteroatoms. The number of nitrogens with zero attached hydrogens (tertiary/aromatic N) is 1. The van der Waals surface area contributed by atoms with Crippen LogP contribution in [0.3, 0.4) is 0 Å². The fraction of sp³-hybridized carbons (Fsp3) is 0.278. The van der Waals surface area contributed by atoms with Crippen LogP contribution in [0.15, 0.2) is 42.5 Å². The molecule has 2 aromatic carbocycles. The third-order valence-electron chi connectivity index (χ3n) is 3.82. The molecule has 120 valence electrons. The molecule has 2 nitrogen and oxygen atoms in total. The van der Waals surface area contributed by atoms with Crippen molar-refractivity contribution in [1.29, 1.82) is 0 Å². The van der Waals surface area contributed by atoms with Crippen LogP contribution >= 0.6 is 23.4 Å². The zero-order valence-corrected chi connectivity index (χ0v) is 14.2. The molecule has 0 atom stereocenters. The Balaban J connectivity index is 1.79. The Kier molecular flexibility index (Phi) is 5.36. The minimum absolute atomic E-state index is 0.206. The summed E-state index contributed by atoms with van der Waals surface area (Å²) in [5.41, 5.74) is 1.95. The van der Waals surface area contributed by atoms with Crippen molar-refractivity contribution in [3.8, 4) is 0 Å². The lowest BCUT2D eigenvalue weighted by atomic mass is 10.0. The number of thioether (sulfide) groups is 1. The Morgan fingerprint density at radius 1 is 1.13 bits per heavy atom. The maximum atomic E-state index is 13.4. The summed E-state index contributed by atoms with van der Waals surface area (Å²) in [5.74, 6) is 1.60. The van der Waals surface area contributed by atoms with Gasteiger partial charge in [-0.2, -0.15) is 11.8 Å². The van der Waals surface area contributed by atoms with E-state index in [0.717, 1.165) is 36.7 Å². The Labute approximate surface area is 144 Å². The molecule has 2 aromatic rings. The summed E-state index contributed by atoms with van der Waals surface area (Å²) in [6, 6.07) is 11.5. The van der Waals surface area contributed by atoms with E-state index in [1.165, 1.54) is 18.2 Å². The predicted octanol–water partition coefficient (Wildman–Crippen LogP) is 4.26. The van der Waals surface area contributed by atoms with Crippen molar-refractivity contribution < 1.29 is 9.18 Å². The molecule has 23 heavy (non-hydrogen) atoms. The molecular formula is C18H17ClFNOS. The highest BCUT2D eigenvalue weighted by Gasteiger charge is 2.14. The first-order valence-electron chi connectivity index (χ1n) is 7.52. The molecule has 0 unspecified atom stereocenters. The summed E-state index contributed by atoms with van der Waals surface area (Å²) in [6.07, 6.45) is 0. The minimum Gasteiger partial charge on any atom is -0.297 e. The number of benzene rings is 2. The highest BCUT2D eigenvalue weighted by molar-refractivity contribution is 7.99. The van der Waals surface area contributed by atoms with Gasteiger partial charge in [-0.25, -0.2) is 4.39 Å². The van der Waals surface area contributed by atoms with Crippen molar-refractivity contribution in [3.05, 3.63) is 70.0 Å². The summed E-state index contributed by atoms with van der Waals surface area (Å²) in [4.78, 5) is 14.9. The van der Waals surface area contributed by atoms with Crippen molar-refractivity contribution in [2.75, 3.05) is 24.6 Å². The Hall–Kier alpha value is -1.36. The molecule has 0 radical (unpaired) electrons. The van der Waals surface area contributed by atoms with Crippen LogP contribution in [-0.4, -0.2) is 35.3 Å². The van der Waals surface area contributed by atoms with E-state index >= 15 is 0 Å². The number of carbonyl (C=O) groups is 1. The molecule has 0 spiro atoms. The fourth-order valence-corrected chi connectivity index (χ4v) is 3.88. The molecule has 1 saturated heterocycles. The van der Waals surface area contributed by atoms with Gasteiger partial charge < -0.3 is 0 Å². The van der Waals surface area contributed by atoms with Crippen LogP contribution in [0.4, 0.5) is 4.39 Å². The highest BCUT2D eigenvalue weighted by atomic mass is 35.5. The average Bonchev–Trinajstić information content (AvgIpc) is 2.54. The predicted molar refractivity (Wildman–Crippen MR) is 93.9 cm³/mol. The lowest BCUT2D eigenvalue weighted by molar-refractivity contribution is 0.103. The van der Waals surface area contributed by atoms with Crippen LogP contribution in [0.5, 0.6) is 0 Å². The van der Waals surface area contributed by atoms with Gasteiger partial charge in [0.25, 0.3) is 0 Å². The van der Waals surface area contributed by atoms with E-state index in [1.807, 2.05) is 30.0 Å². The maximum absolute atomic E-state index is 13.4. The monoisotopic (exact) mass is 349 g/mol. The van der Waals surface area contributed by atoms with E-state index in [-0.39, 0.29) is 16.4 Å². The quantitative estimate of drug-likeness (QED) is 0.769. The number of hydrogen-bond acceptors (Lipinski definition) is 3. The van der Waals surface area contributed by atoms with Gasteiger partial charge in [-0.15, -0.1) is 0 Å². The van der Waals surface area contributed by atoms with E-state index in [4.69, 9.17) is 11.6 Å². The van der Waals surface area contributed by atoms with Gasteiger partial charge >= 0.3 is 0 Å². The summed E-state index contributed by atoms with van der Waals surface area (Å²) in [7, 11) is 0. The molecule has 0 bridgehead atoms. The highest BCUT2D eigenvalue weighted by Crippen LogP contribution is 2.19. The average molecular weight is 350 g/mol. The lowest BCUT2D eigenvalue weighted by Crippen LogP contribution is -2.31. The van der Waals surface area contributed by atoms with Crippen molar-refractivity contribution in [2.24, 2.45) is 0 Å². The normalized spacial score (nSPS) is 15.6. The zero-order valence-electron chi connectivity index (χ0n) is 12.6. The topological polar surface area (TPSA) is 20.3 Å². The van der Waals surface area contributed by atoms with Crippen LogP contribution < -0.4 is 0 Å². The lowest BCUT2D eigenvalue weighted by Gasteiger charge is -2.26. The number of halogens is 2. The first-order chi connectivity index (χ1) is 11.1. The van der Waals surface area contributed by atoms with Gasteiger partial charge in [-0.3, -0.25) is 9.69 Å². The molecule has 1 aliphatic rings. The van der Waals surface area contributed by atoms with Crippen molar-refractivity contribution >= 4 is 29.1 Å². The molecular weight excluding hydrogens is 333 g/mol. The van der Waals surface area contributed by atoms with Crippen LogP contribution in [0.2, 0.25) is 5.02 Å². The van der Waals surface area contributed by atoms with E-state index in [0.29, 0.717) is 5.56 Å². The third kappa shape index (κ3) is 4.34. The van der Waals surface area contributed by atoms with Crippen LogP contribution in [0.1, 0.15) is 21.5 Å². The van der Waals surface area contributed by atoms with Gasteiger partial charge in [-0.1, -0.05) is 29.8 Å². The van der Waals surface area contributed by atoms with Gasteiger partial charge in [0, 0.05) is 47.3 Å². The van der Waals surface area contributed by atoms with Crippen LogP contribution in [0.25, 0.3) is 0 Å². The number of carbonyl (C=O) groups excluding carboxylic acids is 1. The van der Waals surface area contributed by atoms with Crippen molar-refractivity contribution in [3.63, 3.8) is 0 Å².